The van der Waals surface area contributed by atoms with E-state index in [2.05, 4.69) is 20.9 Å². The average molecular weight is 298 g/mol. The highest BCUT2D eigenvalue weighted by Crippen LogP contribution is 2.33. The van der Waals surface area contributed by atoms with Crippen molar-refractivity contribution in [1.29, 1.82) is 0 Å². The fourth-order valence-corrected chi connectivity index (χ4v) is 2.66. The van der Waals surface area contributed by atoms with Crippen molar-refractivity contribution in [3.8, 4) is 16.3 Å². The molecule has 0 unspecified atom stereocenters. The molecular weight excluding hydrogens is 286 g/mol. The molecule has 1 heterocycles. The number of hydrogen-bond acceptors (Lipinski definition) is 3. The van der Waals surface area contributed by atoms with Crippen LogP contribution >= 0.6 is 27.3 Å². The zero-order valence-electron chi connectivity index (χ0n) is 9.11. The number of hydrogen-bond donors (Lipinski definition) is 0. The molecule has 16 heavy (non-hydrogen) atoms. The lowest BCUT2D eigenvalue weighted by molar-refractivity contribution is 0.243. The SMILES string of the molecule is CC(C)Oc1ccccc1-c1nc(Br)cs1. The molecule has 84 valence electrons. The lowest BCUT2D eigenvalue weighted by Gasteiger charge is -2.12. The largest absolute Gasteiger partial charge is 0.490 e. The van der Waals surface area contributed by atoms with Crippen molar-refractivity contribution in [2.75, 3.05) is 0 Å². The number of ether oxygens (including phenoxy) is 1. The Morgan fingerprint density at radius 3 is 2.69 bits per heavy atom. The van der Waals surface area contributed by atoms with Gasteiger partial charge in [0.1, 0.15) is 15.4 Å². The molecule has 1 aromatic carbocycles. The molecule has 0 aliphatic carbocycles. The lowest BCUT2D eigenvalue weighted by atomic mass is 10.2. The number of rotatable bonds is 3. The van der Waals surface area contributed by atoms with E-state index in [1.54, 1.807) is 11.3 Å². The molecule has 0 saturated carbocycles. The van der Waals surface area contributed by atoms with E-state index >= 15 is 0 Å². The molecule has 0 saturated heterocycles. The van der Waals surface area contributed by atoms with Gasteiger partial charge < -0.3 is 4.74 Å². The maximum atomic E-state index is 5.76. The maximum Gasteiger partial charge on any atom is 0.129 e. The van der Waals surface area contributed by atoms with E-state index in [0.717, 1.165) is 20.9 Å². The molecule has 0 fully saturated rings. The number of benzene rings is 1. The first-order valence-electron chi connectivity index (χ1n) is 5.04. The van der Waals surface area contributed by atoms with Crippen molar-refractivity contribution in [1.82, 2.24) is 4.98 Å². The van der Waals surface area contributed by atoms with Crippen LogP contribution in [0.1, 0.15) is 13.8 Å². The van der Waals surface area contributed by atoms with E-state index in [-0.39, 0.29) is 6.10 Å². The summed E-state index contributed by atoms with van der Waals surface area (Å²) in [7, 11) is 0. The first-order valence-corrected chi connectivity index (χ1v) is 6.71. The van der Waals surface area contributed by atoms with Gasteiger partial charge in [-0.05, 0) is 41.9 Å². The predicted molar refractivity (Wildman–Crippen MR) is 71.0 cm³/mol. The van der Waals surface area contributed by atoms with Gasteiger partial charge in [-0.25, -0.2) is 4.98 Å². The Labute approximate surface area is 107 Å². The average Bonchev–Trinajstić information content (AvgIpc) is 2.65. The van der Waals surface area contributed by atoms with Crippen LogP contribution in [-0.4, -0.2) is 11.1 Å². The van der Waals surface area contributed by atoms with Crippen molar-refractivity contribution < 1.29 is 4.74 Å². The molecule has 0 radical (unpaired) electrons. The summed E-state index contributed by atoms with van der Waals surface area (Å²) in [5.41, 5.74) is 1.05. The molecule has 0 atom stereocenters. The molecule has 1 aromatic heterocycles. The van der Waals surface area contributed by atoms with Crippen molar-refractivity contribution in [3.05, 3.63) is 34.2 Å². The number of thiazole rings is 1. The molecule has 4 heteroatoms. The van der Waals surface area contributed by atoms with Crippen molar-refractivity contribution in [2.24, 2.45) is 0 Å². The molecule has 0 aliphatic rings. The normalized spacial score (nSPS) is 10.8. The summed E-state index contributed by atoms with van der Waals surface area (Å²) in [6.45, 7) is 4.04. The van der Waals surface area contributed by atoms with Crippen LogP contribution in [0.3, 0.4) is 0 Å². The quantitative estimate of drug-likeness (QED) is 0.840. The van der Waals surface area contributed by atoms with Crippen LogP contribution in [0.15, 0.2) is 34.2 Å². The van der Waals surface area contributed by atoms with Crippen molar-refractivity contribution in [2.45, 2.75) is 20.0 Å². The molecule has 0 bridgehead atoms. The highest BCUT2D eigenvalue weighted by Gasteiger charge is 2.10. The van der Waals surface area contributed by atoms with E-state index in [1.165, 1.54) is 0 Å². The minimum absolute atomic E-state index is 0.171. The van der Waals surface area contributed by atoms with E-state index in [1.807, 2.05) is 43.5 Å². The smallest absolute Gasteiger partial charge is 0.129 e. The second-order valence-electron chi connectivity index (χ2n) is 3.64. The summed E-state index contributed by atoms with van der Waals surface area (Å²) >= 11 is 4.97. The van der Waals surface area contributed by atoms with E-state index in [4.69, 9.17) is 4.74 Å². The standard InChI is InChI=1S/C12H12BrNOS/c1-8(2)15-10-6-4-3-5-9(10)12-14-11(13)7-16-12/h3-8H,1-2H3. The van der Waals surface area contributed by atoms with E-state index in [0.29, 0.717) is 0 Å². The Morgan fingerprint density at radius 1 is 1.31 bits per heavy atom. The number of para-hydroxylation sites is 1. The monoisotopic (exact) mass is 297 g/mol. The Kier molecular flexibility index (Phi) is 3.61. The number of aromatic nitrogens is 1. The van der Waals surface area contributed by atoms with Crippen molar-refractivity contribution >= 4 is 27.3 Å². The molecular formula is C12H12BrNOS. The Bertz CT molecular complexity index is 481. The van der Waals surface area contributed by atoms with Crippen LogP contribution < -0.4 is 4.74 Å². The molecule has 0 N–H and O–H groups in total. The van der Waals surface area contributed by atoms with E-state index in [9.17, 15) is 0 Å². The third-order valence-electron chi connectivity index (χ3n) is 1.96. The van der Waals surface area contributed by atoms with Crippen LogP contribution in [0.5, 0.6) is 5.75 Å². The van der Waals surface area contributed by atoms with Gasteiger partial charge in [0.2, 0.25) is 0 Å². The second kappa shape index (κ2) is 4.97. The third kappa shape index (κ3) is 2.62. The first-order chi connectivity index (χ1) is 7.66. The second-order valence-corrected chi connectivity index (χ2v) is 5.31. The summed E-state index contributed by atoms with van der Waals surface area (Å²) < 4.78 is 6.63. The highest BCUT2D eigenvalue weighted by atomic mass is 79.9. The van der Waals surface area contributed by atoms with E-state index < -0.39 is 0 Å². The topological polar surface area (TPSA) is 22.1 Å². The zero-order chi connectivity index (χ0) is 11.5. The first kappa shape index (κ1) is 11.6. The lowest BCUT2D eigenvalue weighted by Crippen LogP contribution is -2.06. The van der Waals surface area contributed by atoms with Gasteiger partial charge in [-0.3, -0.25) is 0 Å². The third-order valence-corrected chi connectivity index (χ3v) is 3.54. The molecule has 0 spiro atoms. The van der Waals surface area contributed by atoms with Gasteiger partial charge in [0.05, 0.1) is 11.7 Å². The molecule has 2 rings (SSSR count). The molecule has 2 aromatic rings. The Balaban J connectivity index is 2.40. The van der Waals surface area contributed by atoms with Gasteiger partial charge in [0.15, 0.2) is 0 Å². The van der Waals surface area contributed by atoms with Gasteiger partial charge in [0, 0.05) is 5.38 Å². The van der Waals surface area contributed by atoms with Gasteiger partial charge in [-0.2, -0.15) is 0 Å². The maximum absolute atomic E-state index is 5.76. The molecule has 2 nitrogen and oxygen atoms in total. The Morgan fingerprint density at radius 2 is 2.06 bits per heavy atom. The van der Waals surface area contributed by atoms with Gasteiger partial charge >= 0.3 is 0 Å². The number of halogens is 1. The molecule has 0 amide bonds. The summed E-state index contributed by atoms with van der Waals surface area (Å²) in [6.07, 6.45) is 0.171. The summed E-state index contributed by atoms with van der Waals surface area (Å²) in [6, 6.07) is 7.98. The zero-order valence-corrected chi connectivity index (χ0v) is 11.5. The minimum atomic E-state index is 0.171. The Hall–Kier alpha value is -0.870. The summed E-state index contributed by atoms with van der Waals surface area (Å²) in [5.74, 6) is 0.888. The highest BCUT2D eigenvalue weighted by molar-refractivity contribution is 9.10. The fraction of sp³-hybridized carbons (Fsp3) is 0.250. The van der Waals surface area contributed by atoms with Crippen molar-refractivity contribution in [3.63, 3.8) is 0 Å². The molecule has 0 aliphatic heterocycles. The summed E-state index contributed by atoms with van der Waals surface area (Å²) in [4.78, 5) is 4.40. The predicted octanol–water partition coefficient (Wildman–Crippen LogP) is 4.36. The summed E-state index contributed by atoms with van der Waals surface area (Å²) in [5, 5.41) is 2.95. The van der Waals surface area contributed by atoms with Gasteiger partial charge in [-0.1, -0.05) is 12.1 Å². The van der Waals surface area contributed by atoms with Crippen LogP contribution in [0.25, 0.3) is 10.6 Å². The van der Waals surface area contributed by atoms with Gasteiger partial charge in [0.25, 0.3) is 0 Å². The fourth-order valence-electron chi connectivity index (χ4n) is 1.38. The van der Waals surface area contributed by atoms with Crippen LogP contribution in [0, 0.1) is 0 Å². The van der Waals surface area contributed by atoms with Crippen LogP contribution in [-0.2, 0) is 0 Å². The van der Waals surface area contributed by atoms with Crippen LogP contribution in [0.2, 0.25) is 0 Å². The van der Waals surface area contributed by atoms with Crippen LogP contribution in [0.4, 0.5) is 0 Å². The van der Waals surface area contributed by atoms with Gasteiger partial charge in [-0.15, -0.1) is 11.3 Å². The number of nitrogens with zero attached hydrogens (tertiary/aromatic N) is 1. The minimum Gasteiger partial charge on any atom is -0.490 e.